The average Bonchev–Trinajstić information content (AvgIpc) is 3.14. The van der Waals surface area contributed by atoms with Gasteiger partial charge in [-0.05, 0) is 37.2 Å². The molecule has 3 heterocycles. The van der Waals surface area contributed by atoms with Crippen molar-refractivity contribution in [1.82, 2.24) is 20.7 Å². The SMILES string of the molecule is COc1c2c(cc3c1[C@H](NNC(=O)c1cccnc1)N(C)CC3)OCO2. The molecule has 8 nitrogen and oxygen atoms in total. The fraction of sp³-hybridized carbons (Fsp3) is 0.333. The maximum absolute atomic E-state index is 12.3. The minimum atomic E-state index is -0.260. The molecule has 1 aromatic carbocycles. The number of pyridine rings is 1. The van der Waals surface area contributed by atoms with Gasteiger partial charge in [0.25, 0.3) is 5.91 Å². The second-order valence-corrected chi connectivity index (χ2v) is 6.19. The van der Waals surface area contributed by atoms with Crippen LogP contribution in [0.25, 0.3) is 0 Å². The van der Waals surface area contributed by atoms with Crippen molar-refractivity contribution in [3.8, 4) is 17.2 Å². The largest absolute Gasteiger partial charge is 0.492 e. The Morgan fingerprint density at radius 2 is 2.31 bits per heavy atom. The first kappa shape index (κ1) is 16.6. The van der Waals surface area contributed by atoms with Crippen LogP contribution in [0.5, 0.6) is 17.2 Å². The molecule has 0 spiro atoms. The van der Waals surface area contributed by atoms with E-state index < -0.39 is 0 Å². The molecular weight excluding hydrogens is 336 g/mol. The number of aromatic nitrogens is 1. The molecule has 0 radical (unpaired) electrons. The lowest BCUT2D eigenvalue weighted by molar-refractivity contribution is 0.0878. The van der Waals surface area contributed by atoms with Gasteiger partial charge in [-0.3, -0.25) is 20.1 Å². The normalized spacial score (nSPS) is 18.3. The summed E-state index contributed by atoms with van der Waals surface area (Å²) in [6, 6.07) is 5.42. The van der Waals surface area contributed by atoms with Gasteiger partial charge in [0.15, 0.2) is 11.5 Å². The molecule has 8 heteroatoms. The number of benzene rings is 1. The standard InChI is InChI=1S/C18H20N4O4/c1-22-7-5-11-8-13-15(26-10-25-13)16(24-2)14(11)17(22)20-21-18(23)12-4-3-6-19-9-12/h3-4,6,8-9,17,20H,5,7,10H2,1-2H3,(H,21,23)/t17-/m1/s1. The van der Waals surface area contributed by atoms with Crippen LogP contribution >= 0.6 is 0 Å². The molecule has 0 unspecified atom stereocenters. The van der Waals surface area contributed by atoms with Crippen LogP contribution in [0.3, 0.4) is 0 Å². The van der Waals surface area contributed by atoms with Crippen molar-refractivity contribution in [2.24, 2.45) is 0 Å². The quantitative estimate of drug-likeness (QED) is 0.797. The molecule has 0 bridgehead atoms. The van der Waals surface area contributed by atoms with E-state index in [1.165, 1.54) is 6.20 Å². The molecule has 1 amide bonds. The topological polar surface area (TPSA) is 85.0 Å². The van der Waals surface area contributed by atoms with E-state index in [2.05, 4.69) is 20.7 Å². The first-order valence-corrected chi connectivity index (χ1v) is 8.34. The number of hydrazine groups is 1. The van der Waals surface area contributed by atoms with Gasteiger partial charge in [-0.25, -0.2) is 5.43 Å². The maximum atomic E-state index is 12.3. The number of carbonyl (C=O) groups excluding carboxylic acids is 1. The third-order valence-electron chi connectivity index (χ3n) is 4.64. The Hall–Kier alpha value is -2.84. The van der Waals surface area contributed by atoms with E-state index in [-0.39, 0.29) is 18.9 Å². The Bertz CT molecular complexity index is 828. The predicted molar refractivity (Wildman–Crippen MR) is 93.0 cm³/mol. The molecule has 2 aromatic rings. The second-order valence-electron chi connectivity index (χ2n) is 6.19. The fourth-order valence-corrected chi connectivity index (χ4v) is 3.32. The first-order chi connectivity index (χ1) is 12.7. The molecule has 0 saturated carbocycles. The van der Waals surface area contributed by atoms with E-state index in [1.807, 2.05) is 13.1 Å². The van der Waals surface area contributed by atoms with E-state index in [9.17, 15) is 4.79 Å². The number of likely N-dealkylation sites (N-methyl/N-ethyl adjacent to an activating group) is 1. The predicted octanol–water partition coefficient (Wildman–Crippen LogP) is 1.24. The van der Waals surface area contributed by atoms with Crippen molar-refractivity contribution in [1.29, 1.82) is 0 Å². The van der Waals surface area contributed by atoms with Gasteiger partial charge >= 0.3 is 0 Å². The van der Waals surface area contributed by atoms with Crippen LogP contribution in [0.2, 0.25) is 0 Å². The summed E-state index contributed by atoms with van der Waals surface area (Å²) in [5, 5.41) is 0. The van der Waals surface area contributed by atoms with Crippen molar-refractivity contribution >= 4 is 5.91 Å². The lowest BCUT2D eigenvalue weighted by Gasteiger charge is -2.36. The summed E-state index contributed by atoms with van der Waals surface area (Å²) in [7, 11) is 3.60. The molecule has 4 rings (SSSR count). The summed E-state index contributed by atoms with van der Waals surface area (Å²) < 4.78 is 16.7. The van der Waals surface area contributed by atoms with Crippen LogP contribution < -0.4 is 25.1 Å². The molecular formula is C18H20N4O4. The second kappa shape index (κ2) is 6.81. The van der Waals surface area contributed by atoms with Crippen molar-refractivity contribution in [2.45, 2.75) is 12.6 Å². The van der Waals surface area contributed by atoms with Gasteiger partial charge in [0.2, 0.25) is 12.5 Å². The monoisotopic (exact) mass is 356 g/mol. The molecule has 26 heavy (non-hydrogen) atoms. The minimum absolute atomic E-state index is 0.181. The minimum Gasteiger partial charge on any atom is -0.492 e. The zero-order valence-electron chi connectivity index (χ0n) is 14.6. The fourth-order valence-electron chi connectivity index (χ4n) is 3.32. The van der Waals surface area contributed by atoms with Gasteiger partial charge < -0.3 is 14.2 Å². The maximum Gasteiger partial charge on any atom is 0.266 e. The molecule has 2 aliphatic heterocycles. The van der Waals surface area contributed by atoms with E-state index in [1.54, 1.807) is 25.4 Å². The van der Waals surface area contributed by atoms with Gasteiger partial charge in [0.1, 0.15) is 6.17 Å². The van der Waals surface area contributed by atoms with Crippen molar-refractivity contribution in [3.63, 3.8) is 0 Å². The molecule has 0 fully saturated rings. The highest BCUT2D eigenvalue weighted by molar-refractivity contribution is 5.93. The van der Waals surface area contributed by atoms with Crippen LogP contribution in [0, 0.1) is 0 Å². The zero-order valence-corrected chi connectivity index (χ0v) is 14.6. The third kappa shape index (κ3) is 2.83. The number of ether oxygens (including phenoxy) is 3. The number of fused-ring (bicyclic) bond motifs is 2. The number of methoxy groups -OCH3 is 1. The number of amides is 1. The number of hydrogen-bond donors (Lipinski definition) is 2. The Morgan fingerprint density at radius 3 is 3.08 bits per heavy atom. The van der Waals surface area contributed by atoms with Crippen LogP contribution in [-0.4, -0.2) is 43.3 Å². The number of carbonyl (C=O) groups is 1. The van der Waals surface area contributed by atoms with Crippen LogP contribution in [0.15, 0.2) is 30.6 Å². The summed E-state index contributed by atoms with van der Waals surface area (Å²) >= 11 is 0. The summed E-state index contributed by atoms with van der Waals surface area (Å²) in [6.07, 6.45) is 3.74. The highest BCUT2D eigenvalue weighted by Gasteiger charge is 2.34. The molecule has 136 valence electrons. The van der Waals surface area contributed by atoms with Gasteiger partial charge in [-0.2, -0.15) is 0 Å². The van der Waals surface area contributed by atoms with E-state index in [0.29, 0.717) is 22.8 Å². The lowest BCUT2D eigenvalue weighted by Crippen LogP contribution is -2.48. The van der Waals surface area contributed by atoms with Crippen molar-refractivity contribution < 1.29 is 19.0 Å². The molecule has 1 aromatic heterocycles. The summed E-state index contributed by atoms with van der Waals surface area (Å²) in [4.78, 5) is 18.4. The van der Waals surface area contributed by atoms with Crippen molar-refractivity contribution in [2.75, 3.05) is 27.5 Å². The zero-order chi connectivity index (χ0) is 18.1. The highest BCUT2D eigenvalue weighted by atomic mass is 16.7. The summed E-state index contributed by atoms with van der Waals surface area (Å²) in [5.41, 5.74) is 8.41. The number of nitrogens with one attached hydrogen (secondary N) is 2. The highest BCUT2D eigenvalue weighted by Crippen LogP contribution is 2.48. The Kier molecular flexibility index (Phi) is 4.36. The average molecular weight is 356 g/mol. The van der Waals surface area contributed by atoms with Crippen molar-refractivity contribution in [3.05, 3.63) is 47.3 Å². The van der Waals surface area contributed by atoms with E-state index >= 15 is 0 Å². The molecule has 2 aliphatic rings. The molecule has 1 atom stereocenters. The Labute approximate surface area is 151 Å². The number of rotatable bonds is 4. The Morgan fingerprint density at radius 1 is 1.42 bits per heavy atom. The van der Waals surface area contributed by atoms with E-state index in [0.717, 1.165) is 24.1 Å². The number of nitrogens with zero attached hydrogens (tertiary/aromatic N) is 2. The van der Waals surface area contributed by atoms with Gasteiger partial charge in [-0.15, -0.1) is 0 Å². The van der Waals surface area contributed by atoms with Gasteiger partial charge in [-0.1, -0.05) is 0 Å². The first-order valence-electron chi connectivity index (χ1n) is 8.34. The molecule has 0 aliphatic carbocycles. The van der Waals surface area contributed by atoms with Gasteiger partial charge in [0, 0.05) is 24.5 Å². The summed E-state index contributed by atoms with van der Waals surface area (Å²) in [5.74, 6) is 1.68. The Balaban J connectivity index is 1.63. The van der Waals surface area contributed by atoms with Gasteiger partial charge in [0.05, 0.1) is 12.7 Å². The van der Waals surface area contributed by atoms with E-state index in [4.69, 9.17) is 14.2 Å². The van der Waals surface area contributed by atoms with Crippen LogP contribution in [-0.2, 0) is 6.42 Å². The summed E-state index contributed by atoms with van der Waals surface area (Å²) in [6.45, 7) is 1.01. The smallest absolute Gasteiger partial charge is 0.266 e. The molecule has 2 N–H and O–H groups in total. The third-order valence-corrected chi connectivity index (χ3v) is 4.64. The van der Waals surface area contributed by atoms with Crippen LogP contribution in [0.4, 0.5) is 0 Å². The number of hydrogen-bond acceptors (Lipinski definition) is 7. The van der Waals surface area contributed by atoms with Crippen LogP contribution in [0.1, 0.15) is 27.7 Å². The molecule has 0 saturated heterocycles. The lowest BCUT2D eigenvalue weighted by atomic mass is 9.95.